The second-order valence-electron chi connectivity index (χ2n) is 3.06. The van der Waals surface area contributed by atoms with Gasteiger partial charge in [0.15, 0.2) is 0 Å². The van der Waals surface area contributed by atoms with Crippen molar-refractivity contribution in [2.75, 3.05) is 25.1 Å². The van der Waals surface area contributed by atoms with Crippen LogP contribution in [0.5, 0.6) is 0 Å². The monoisotopic (exact) mass is 210 g/mol. The summed E-state index contributed by atoms with van der Waals surface area (Å²) in [5, 5.41) is 8.76. The normalized spacial score (nSPS) is 9.86. The summed E-state index contributed by atoms with van der Waals surface area (Å²) in [6, 6.07) is 7.63. The Morgan fingerprint density at radius 1 is 1.43 bits per heavy atom. The SMILES string of the molecule is CN(CCO)c1ccc(C(N)=S)cc1. The van der Waals surface area contributed by atoms with Crippen LogP contribution in [0, 0.1) is 0 Å². The van der Waals surface area contributed by atoms with Gasteiger partial charge in [0.1, 0.15) is 4.99 Å². The highest BCUT2D eigenvalue weighted by Crippen LogP contribution is 2.13. The largest absolute Gasteiger partial charge is 0.395 e. The molecule has 0 amide bonds. The average molecular weight is 210 g/mol. The van der Waals surface area contributed by atoms with Crippen LogP contribution in [-0.4, -0.2) is 30.3 Å². The molecule has 3 N–H and O–H groups in total. The highest BCUT2D eigenvalue weighted by molar-refractivity contribution is 7.80. The molecule has 3 nitrogen and oxygen atoms in total. The van der Waals surface area contributed by atoms with Gasteiger partial charge in [-0.3, -0.25) is 0 Å². The summed E-state index contributed by atoms with van der Waals surface area (Å²) in [5.74, 6) is 0. The maximum Gasteiger partial charge on any atom is 0.103 e. The smallest absolute Gasteiger partial charge is 0.103 e. The van der Waals surface area contributed by atoms with Crippen LogP contribution in [-0.2, 0) is 0 Å². The topological polar surface area (TPSA) is 49.5 Å². The van der Waals surface area contributed by atoms with Gasteiger partial charge in [-0.15, -0.1) is 0 Å². The molecule has 1 rings (SSSR count). The number of nitrogens with two attached hydrogens (primary N) is 1. The molecule has 0 spiro atoms. The van der Waals surface area contributed by atoms with Crippen LogP contribution in [0.1, 0.15) is 5.56 Å². The minimum absolute atomic E-state index is 0.146. The van der Waals surface area contributed by atoms with E-state index in [1.807, 2.05) is 36.2 Å². The van der Waals surface area contributed by atoms with E-state index in [-0.39, 0.29) is 6.61 Å². The molecule has 0 atom stereocenters. The zero-order valence-corrected chi connectivity index (χ0v) is 8.92. The molecule has 0 aliphatic heterocycles. The highest BCUT2D eigenvalue weighted by atomic mass is 32.1. The summed E-state index contributed by atoms with van der Waals surface area (Å²) in [6.45, 7) is 0.764. The van der Waals surface area contributed by atoms with Gasteiger partial charge in [-0.05, 0) is 24.3 Å². The van der Waals surface area contributed by atoms with Gasteiger partial charge in [-0.25, -0.2) is 0 Å². The van der Waals surface area contributed by atoms with E-state index < -0.39 is 0 Å². The minimum Gasteiger partial charge on any atom is -0.395 e. The summed E-state index contributed by atoms with van der Waals surface area (Å²) < 4.78 is 0. The fourth-order valence-corrected chi connectivity index (χ4v) is 1.30. The number of hydrogen-bond acceptors (Lipinski definition) is 3. The van der Waals surface area contributed by atoms with Crippen molar-refractivity contribution in [3.05, 3.63) is 29.8 Å². The Labute approximate surface area is 89.1 Å². The summed E-state index contributed by atoms with van der Waals surface area (Å²) >= 11 is 4.85. The van der Waals surface area contributed by atoms with Crippen molar-refractivity contribution in [2.24, 2.45) is 5.73 Å². The van der Waals surface area contributed by atoms with Gasteiger partial charge < -0.3 is 15.7 Å². The second-order valence-corrected chi connectivity index (χ2v) is 3.50. The van der Waals surface area contributed by atoms with E-state index >= 15 is 0 Å². The third-order valence-corrected chi connectivity index (χ3v) is 2.26. The molecule has 0 unspecified atom stereocenters. The van der Waals surface area contributed by atoms with Crippen LogP contribution in [0.4, 0.5) is 5.69 Å². The molecule has 0 fully saturated rings. The number of rotatable bonds is 4. The van der Waals surface area contributed by atoms with E-state index in [0.717, 1.165) is 11.3 Å². The number of aliphatic hydroxyl groups is 1. The molecular weight excluding hydrogens is 196 g/mol. The lowest BCUT2D eigenvalue weighted by molar-refractivity contribution is 0.304. The number of anilines is 1. The molecule has 0 bridgehead atoms. The standard InChI is InChI=1S/C10H14N2OS/c1-12(6-7-13)9-4-2-8(3-5-9)10(11)14/h2-5,13H,6-7H2,1H3,(H2,11,14). The van der Waals surface area contributed by atoms with Gasteiger partial charge in [0.25, 0.3) is 0 Å². The van der Waals surface area contributed by atoms with Crippen molar-refractivity contribution >= 4 is 22.9 Å². The molecule has 14 heavy (non-hydrogen) atoms. The Bertz CT molecular complexity index is 310. The third kappa shape index (κ3) is 2.68. The molecule has 76 valence electrons. The van der Waals surface area contributed by atoms with Gasteiger partial charge in [0.05, 0.1) is 6.61 Å². The first-order valence-electron chi connectivity index (χ1n) is 4.37. The maximum atomic E-state index is 8.76. The Morgan fingerprint density at radius 3 is 2.43 bits per heavy atom. The van der Waals surface area contributed by atoms with Crippen LogP contribution in [0.15, 0.2) is 24.3 Å². The lowest BCUT2D eigenvalue weighted by Crippen LogP contribution is -2.21. The number of hydrogen-bond donors (Lipinski definition) is 2. The minimum atomic E-state index is 0.146. The van der Waals surface area contributed by atoms with Gasteiger partial charge in [0.2, 0.25) is 0 Å². The summed E-state index contributed by atoms with van der Waals surface area (Å²) in [7, 11) is 1.92. The molecule has 0 saturated carbocycles. The molecule has 0 heterocycles. The van der Waals surface area contributed by atoms with Crippen LogP contribution in [0.25, 0.3) is 0 Å². The summed E-state index contributed by atoms with van der Waals surface area (Å²) in [6.07, 6.45) is 0. The Kier molecular flexibility index (Phi) is 3.85. The second kappa shape index (κ2) is 4.93. The molecule has 1 aromatic carbocycles. The zero-order valence-electron chi connectivity index (χ0n) is 8.10. The van der Waals surface area contributed by atoms with Crippen LogP contribution < -0.4 is 10.6 Å². The number of thiocarbonyl (C=S) groups is 1. The van der Waals surface area contributed by atoms with E-state index in [0.29, 0.717) is 11.5 Å². The third-order valence-electron chi connectivity index (χ3n) is 2.03. The van der Waals surface area contributed by atoms with Crippen LogP contribution >= 0.6 is 12.2 Å². The predicted octanol–water partition coefficient (Wildman–Crippen LogP) is 0.749. The Balaban J connectivity index is 2.77. The fourth-order valence-electron chi connectivity index (χ4n) is 1.16. The van der Waals surface area contributed by atoms with Gasteiger partial charge in [0, 0.05) is 24.8 Å². The number of nitrogens with zero attached hydrogens (tertiary/aromatic N) is 1. The maximum absolute atomic E-state index is 8.76. The summed E-state index contributed by atoms with van der Waals surface area (Å²) in [4.78, 5) is 2.37. The van der Waals surface area contributed by atoms with Crippen LogP contribution in [0.2, 0.25) is 0 Å². The highest BCUT2D eigenvalue weighted by Gasteiger charge is 2.00. The molecule has 4 heteroatoms. The van der Waals surface area contributed by atoms with E-state index in [4.69, 9.17) is 23.1 Å². The quantitative estimate of drug-likeness (QED) is 0.720. The molecule has 0 saturated heterocycles. The zero-order chi connectivity index (χ0) is 10.6. The molecule has 1 aromatic rings. The fraction of sp³-hybridized carbons (Fsp3) is 0.300. The predicted molar refractivity (Wildman–Crippen MR) is 62.7 cm³/mol. The number of aliphatic hydroxyl groups excluding tert-OH is 1. The van der Waals surface area contributed by atoms with Gasteiger partial charge in [-0.1, -0.05) is 12.2 Å². The summed E-state index contributed by atoms with van der Waals surface area (Å²) in [5.41, 5.74) is 7.38. The van der Waals surface area contributed by atoms with E-state index in [2.05, 4.69) is 0 Å². The Hall–Kier alpha value is -1.13. The first kappa shape index (κ1) is 10.9. The van der Waals surface area contributed by atoms with E-state index in [1.165, 1.54) is 0 Å². The molecule has 0 aliphatic rings. The van der Waals surface area contributed by atoms with Crippen molar-refractivity contribution in [1.29, 1.82) is 0 Å². The first-order valence-corrected chi connectivity index (χ1v) is 4.78. The van der Waals surface area contributed by atoms with Gasteiger partial charge in [-0.2, -0.15) is 0 Å². The Morgan fingerprint density at radius 2 is 2.00 bits per heavy atom. The molecule has 0 aromatic heterocycles. The molecule has 0 aliphatic carbocycles. The van der Waals surface area contributed by atoms with E-state index in [9.17, 15) is 0 Å². The number of likely N-dealkylation sites (N-methyl/N-ethyl adjacent to an activating group) is 1. The average Bonchev–Trinajstić information content (AvgIpc) is 2.18. The molecule has 0 radical (unpaired) electrons. The number of benzene rings is 1. The first-order chi connectivity index (χ1) is 6.65. The molecular formula is C10H14N2OS. The lowest BCUT2D eigenvalue weighted by atomic mass is 10.2. The van der Waals surface area contributed by atoms with Crippen molar-refractivity contribution < 1.29 is 5.11 Å². The van der Waals surface area contributed by atoms with Crippen molar-refractivity contribution in [3.63, 3.8) is 0 Å². The van der Waals surface area contributed by atoms with Crippen molar-refractivity contribution in [1.82, 2.24) is 0 Å². The lowest BCUT2D eigenvalue weighted by Gasteiger charge is -2.17. The van der Waals surface area contributed by atoms with E-state index in [1.54, 1.807) is 0 Å². The van der Waals surface area contributed by atoms with Crippen molar-refractivity contribution in [2.45, 2.75) is 0 Å². The van der Waals surface area contributed by atoms with Crippen LogP contribution in [0.3, 0.4) is 0 Å². The van der Waals surface area contributed by atoms with Crippen molar-refractivity contribution in [3.8, 4) is 0 Å². The van der Waals surface area contributed by atoms with Gasteiger partial charge >= 0.3 is 0 Å².